The molecule has 32 heavy (non-hydrogen) atoms. The third-order valence-corrected chi connectivity index (χ3v) is 6.81. The molecule has 3 heterocycles. The summed E-state index contributed by atoms with van der Waals surface area (Å²) in [6.45, 7) is 5.40. The van der Waals surface area contributed by atoms with Crippen molar-refractivity contribution in [3.05, 3.63) is 71.9 Å². The number of Topliss-reactive ketones (excluding diaryl/α,β-unsaturated/α-hetero) is 1. The van der Waals surface area contributed by atoms with Crippen molar-refractivity contribution < 1.29 is 9.59 Å². The maximum absolute atomic E-state index is 13.8. The molecule has 1 amide bonds. The van der Waals surface area contributed by atoms with Crippen LogP contribution >= 0.6 is 0 Å². The van der Waals surface area contributed by atoms with Gasteiger partial charge in [0.25, 0.3) is 0 Å². The molecule has 2 saturated heterocycles. The third-order valence-electron chi connectivity index (χ3n) is 6.81. The fourth-order valence-electron chi connectivity index (χ4n) is 5.02. The number of aromatic nitrogens is 1. The van der Waals surface area contributed by atoms with Gasteiger partial charge in [-0.15, -0.1) is 0 Å². The van der Waals surface area contributed by atoms with Crippen LogP contribution in [0, 0.1) is 0 Å². The largest absolute Gasteiger partial charge is 0.360 e. The highest BCUT2D eigenvalue weighted by atomic mass is 16.2. The summed E-state index contributed by atoms with van der Waals surface area (Å²) >= 11 is 0. The highest BCUT2D eigenvalue weighted by Crippen LogP contribution is 2.29. The van der Waals surface area contributed by atoms with Crippen LogP contribution in [0.2, 0.25) is 0 Å². The number of hydrogen-bond donors (Lipinski definition) is 1. The van der Waals surface area contributed by atoms with Crippen molar-refractivity contribution in [3.8, 4) is 0 Å². The number of ketones is 1. The highest BCUT2D eigenvalue weighted by molar-refractivity contribution is 6.10. The summed E-state index contributed by atoms with van der Waals surface area (Å²) in [4.78, 5) is 36.1. The lowest BCUT2D eigenvalue weighted by Gasteiger charge is -2.39. The average Bonchev–Trinajstić information content (AvgIpc) is 3.51. The number of carbonyl (C=O) groups is 2. The molecule has 0 aliphatic carbocycles. The number of nitrogens with zero attached hydrogens (tertiary/aromatic N) is 3. The van der Waals surface area contributed by atoms with Crippen LogP contribution in [-0.4, -0.2) is 77.2 Å². The fraction of sp³-hybridized carbons (Fsp3) is 0.385. The van der Waals surface area contributed by atoms with Crippen LogP contribution < -0.4 is 0 Å². The van der Waals surface area contributed by atoms with E-state index in [0.29, 0.717) is 6.54 Å². The number of likely N-dealkylation sites (tertiary alicyclic amines) is 1. The first-order chi connectivity index (χ1) is 15.7. The number of para-hydroxylation sites is 1. The number of piperazine rings is 1. The van der Waals surface area contributed by atoms with Crippen molar-refractivity contribution >= 4 is 22.6 Å². The Morgan fingerprint density at radius 3 is 2.28 bits per heavy atom. The third kappa shape index (κ3) is 4.20. The number of aromatic amines is 1. The van der Waals surface area contributed by atoms with Gasteiger partial charge in [-0.25, -0.2) is 0 Å². The van der Waals surface area contributed by atoms with Crippen LogP contribution in [0.1, 0.15) is 34.8 Å². The van der Waals surface area contributed by atoms with E-state index in [9.17, 15) is 9.59 Å². The maximum Gasteiger partial charge on any atom is 0.236 e. The molecular formula is C26H30N4O2. The van der Waals surface area contributed by atoms with Gasteiger partial charge in [-0.3, -0.25) is 19.4 Å². The Balaban J connectivity index is 1.33. The lowest BCUT2D eigenvalue weighted by atomic mass is 9.95. The Morgan fingerprint density at radius 1 is 0.844 bits per heavy atom. The number of carbonyl (C=O) groups excluding carboxylic acids is 2. The van der Waals surface area contributed by atoms with E-state index in [0.717, 1.165) is 74.1 Å². The first-order valence-electron chi connectivity index (χ1n) is 11.6. The molecular weight excluding hydrogens is 400 g/mol. The summed E-state index contributed by atoms with van der Waals surface area (Å²) in [6.07, 6.45) is 4.08. The Labute approximate surface area is 188 Å². The zero-order chi connectivity index (χ0) is 21.9. The van der Waals surface area contributed by atoms with Crippen molar-refractivity contribution in [2.45, 2.75) is 18.9 Å². The van der Waals surface area contributed by atoms with Gasteiger partial charge in [0.05, 0.1) is 12.6 Å². The smallest absolute Gasteiger partial charge is 0.236 e. The second kappa shape index (κ2) is 9.27. The van der Waals surface area contributed by atoms with Crippen LogP contribution in [0.4, 0.5) is 0 Å². The van der Waals surface area contributed by atoms with Crippen LogP contribution in [0.15, 0.2) is 60.8 Å². The van der Waals surface area contributed by atoms with Crippen LogP contribution in [0.5, 0.6) is 0 Å². The number of amides is 1. The Hall–Kier alpha value is -2.96. The molecule has 1 unspecified atom stereocenters. The first-order valence-corrected chi connectivity index (χ1v) is 11.6. The molecule has 5 rings (SSSR count). The minimum Gasteiger partial charge on any atom is -0.360 e. The van der Waals surface area contributed by atoms with Crippen molar-refractivity contribution in [3.63, 3.8) is 0 Å². The lowest BCUT2D eigenvalue weighted by molar-refractivity contribution is -0.131. The first kappa shape index (κ1) is 20.9. The van der Waals surface area contributed by atoms with Crippen LogP contribution in [0.25, 0.3) is 10.9 Å². The SMILES string of the molecule is O=C(c1c[nH]c2ccccc12)C(c1ccccc1)N1CCN(CC(=O)N2CCCC2)CC1. The van der Waals surface area contributed by atoms with Crippen molar-refractivity contribution in [1.82, 2.24) is 19.7 Å². The van der Waals surface area contributed by atoms with E-state index in [1.807, 2.05) is 65.7 Å². The van der Waals surface area contributed by atoms with Crippen LogP contribution in [-0.2, 0) is 4.79 Å². The van der Waals surface area contributed by atoms with E-state index < -0.39 is 0 Å². The van der Waals surface area contributed by atoms with Gasteiger partial charge in [0.1, 0.15) is 0 Å². The normalized spacial score (nSPS) is 18.8. The van der Waals surface area contributed by atoms with Crippen molar-refractivity contribution in [2.75, 3.05) is 45.8 Å². The molecule has 1 atom stereocenters. The van der Waals surface area contributed by atoms with Gasteiger partial charge >= 0.3 is 0 Å². The molecule has 0 radical (unpaired) electrons. The summed E-state index contributed by atoms with van der Waals surface area (Å²) < 4.78 is 0. The molecule has 0 saturated carbocycles. The van der Waals surface area contributed by atoms with E-state index in [2.05, 4.69) is 14.8 Å². The predicted molar refractivity (Wildman–Crippen MR) is 126 cm³/mol. The lowest BCUT2D eigenvalue weighted by Crippen LogP contribution is -2.51. The molecule has 0 bridgehead atoms. The number of hydrogen-bond acceptors (Lipinski definition) is 4. The monoisotopic (exact) mass is 430 g/mol. The minimum absolute atomic E-state index is 0.121. The summed E-state index contributed by atoms with van der Waals surface area (Å²) in [5.41, 5.74) is 2.73. The van der Waals surface area contributed by atoms with E-state index in [1.165, 1.54) is 0 Å². The molecule has 0 spiro atoms. The van der Waals surface area contributed by atoms with E-state index in [4.69, 9.17) is 0 Å². The van der Waals surface area contributed by atoms with Gasteiger partial charge in [-0.2, -0.15) is 0 Å². The molecule has 6 heteroatoms. The number of H-pyrrole nitrogens is 1. The molecule has 2 fully saturated rings. The summed E-state index contributed by atoms with van der Waals surface area (Å²) in [5.74, 6) is 0.362. The maximum atomic E-state index is 13.8. The Kier molecular flexibility index (Phi) is 6.06. The zero-order valence-corrected chi connectivity index (χ0v) is 18.4. The summed E-state index contributed by atoms with van der Waals surface area (Å²) in [7, 11) is 0. The standard InChI is InChI=1S/C26H30N4O2/c31-24(29-12-6-7-13-29)19-28-14-16-30(17-15-28)25(20-8-2-1-3-9-20)26(32)22-18-27-23-11-5-4-10-21(22)23/h1-5,8-11,18,25,27H,6-7,12-17,19H2. The molecule has 166 valence electrons. The molecule has 2 aromatic carbocycles. The zero-order valence-electron chi connectivity index (χ0n) is 18.4. The topological polar surface area (TPSA) is 59.7 Å². The molecule has 6 nitrogen and oxygen atoms in total. The van der Waals surface area contributed by atoms with E-state index in [1.54, 1.807) is 0 Å². The van der Waals surface area contributed by atoms with Gasteiger partial charge in [-0.1, -0.05) is 48.5 Å². The van der Waals surface area contributed by atoms with Gasteiger partial charge in [0, 0.05) is 61.9 Å². The molecule has 1 N–H and O–H groups in total. The number of rotatable bonds is 6. The molecule has 3 aromatic rings. The van der Waals surface area contributed by atoms with E-state index >= 15 is 0 Å². The summed E-state index contributed by atoms with van der Waals surface area (Å²) in [5, 5.41) is 0.966. The molecule has 1 aromatic heterocycles. The second-order valence-corrected chi connectivity index (χ2v) is 8.83. The number of fused-ring (bicyclic) bond motifs is 1. The average molecular weight is 431 g/mol. The number of benzene rings is 2. The number of nitrogens with one attached hydrogen (secondary N) is 1. The van der Waals surface area contributed by atoms with Gasteiger partial charge in [0.2, 0.25) is 5.91 Å². The minimum atomic E-state index is -0.327. The van der Waals surface area contributed by atoms with Gasteiger partial charge < -0.3 is 9.88 Å². The van der Waals surface area contributed by atoms with E-state index in [-0.39, 0.29) is 17.7 Å². The van der Waals surface area contributed by atoms with Gasteiger partial charge in [-0.05, 0) is 24.5 Å². The van der Waals surface area contributed by atoms with Crippen molar-refractivity contribution in [2.24, 2.45) is 0 Å². The van der Waals surface area contributed by atoms with Gasteiger partial charge in [0.15, 0.2) is 5.78 Å². The van der Waals surface area contributed by atoms with Crippen molar-refractivity contribution in [1.29, 1.82) is 0 Å². The van der Waals surface area contributed by atoms with Crippen LogP contribution in [0.3, 0.4) is 0 Å². The quantitative estimate of drug-likeness (QED) is 0.610. The molecule has 2 aliphatic heterocycles. The second-order valence-electron chi connectivity index (χ2n) is 8.83. The fourth-order valence-corrected chi connectivity index (χ4v) is 5.02. The highest BCUT2D eigenvalue weighted by Gasteiger charge is 2.33. The Morgan fingerprint density at radius 2 is 1.53 bits per heavy atom. The Bertz CT molecular complexity index is 1080. The summed E-state index contributed by atoms with van der Waals surface area (Å²) in [6, 6.07) is 17.7. The molecule has 2 aliphatic rings. The predicted octanol–water partition coefficient (Wildman–Crippen LogP) is 3.33.